The number of halogens is 1. The third kappa shape index (κ3) is 2.29. The summed E-state index contributed by atoms with van der Waals surface area (Å²) in [5.41, 5.74) is 2.78. The van der Waals surface area contributed by atoms with Crippen LogP contribution >= 0.6 is 11.6 Å². The Bertz CT molecular complexity index is 564. The van der Waals surface area contributed by atoms with E-state index in [0.29, 0.717) is 16.5 Å². The Morgan fingerprint density at radius 2 is 1.83 bits per heavy atom. The quantitative estimate of drug-likeness (QED) is 0.824. The van der Waals surface area contributed by atoms with E-state index in [1.807, 2.05) is 36.4 Å². The van der Waals surface area contributed by atoms with Gasteiger partial charge in [0.25, 0.3) is 0 Å². The summed E-state index contributed by atoms with van der Waals surface area (Å²) in [5, 5.41) is 0.696. The topological polar surface area (TPSA) is 18.5 Å². The van der Waals surface area contributed by atoms with Crippen LogP contribution in [0.25, 0.3) is 11.1 Å². The predicted octanol–water partition coefficient (Wildman–Crippen LogP) is 4.21. The van der Waals surface area contributed by atoms with E-state index in [9.17, 15) is 0 Å². The lowest BCUT2D eigenvalue weighted by molar-refractivity contribution is 0.354. The van der Waals surface area contributed by atoms with Crippen LogP contribution in [0, 0.1) is 6.92 Å². The number of hydrogen-bond donors (Lipinski definition) is 0. The number of methoxy groups -OCH3 is 2. The van der Waals surface area contributed by atoms with Crippen molar-refractivity contribution in [1.29, 1.82) is 0 Å². The zero-order chi connectivity index (χ0) is 13.1. The van der Waals surface area contributed by atoms with E-state index in [4.69, 9.17) is 21.1 Å². The highest BCUT2D eigenvalue weighted by Gasteiger charge is 2.12. The van der Waals surface area contributed by atoms with Gasteiger partial charge in [-0.15, -0.1) is 0 Å². The van der Waals surface area contributed by atoms with Gasteiger partial charge in [-0.2, -0.15) is 0 Å². The smallest absolute Gasteiger partial charge is 0.164 e. The van der Waals surface area contributed by atoms with E-state index >= 15 is 0 Å². The lowest BCUT2D eigenvalue weighted by Gasteiger charge is -2.14. The molecule has 0 atom stereocenters. The Hall–Kier alpha value is -1.67. The lowest BCUT2D eigenvalue weighted by atomic mass is 9.99. The molecule has 0 fully saturated rings. The largest absolute Gasteiger partial charge is 0.493 e. The third-order valence-corrected chi connectivity index (χ3v) is 3.02. The van der Waals surface area contributed by atoms with Crippen LogP contribution in [-0.2, 0) is 0 Å². The van der Waals surface area contributed by atoms with Crippen molar-refractivity contribution in [2.24, 2.45) is 0 Å². The van der Waals surface area contributed by atoms with Crippen LogP contribution in [0.3, 0.4) is 0 Å². The minimum Gasteiger partial charge on any atom is -0.493 e. The Morgan fingerprint density at radius 1 is 1.06 bits per heavy atom. The average Bonchev–Trinajstić information content (AvgIpc) is 2.38. The standard InChI is InChI=1S/C15H14ClO2/c1-10-13(11-5-4-6-12(16)9-11)7-8-14(17-2)15(10)18-3/h4-9H,1H2,2-3H3. The number of benzene rings is 2. The highest BCUT2D eigenvalue weighted by molar-refractivity contribution is 6.30. The van der Waals surface area contributed by atoms with Crippen LogP contribution in [0.15, 0.2) is 36.4 Å². The van der Waals surface area contributed by atoms with Gasteiger partial charge >= 0.3 is 0 Å². The Balaban J connectivity index is 2.59. The van der Waals surface area contributed by atoms with E-state index in [1.54, 1.807) is 14.2 Å². The summed E-state index contributed by atoms with van der Waals surface area (Å²) < 4.78 is 10.6. The minimum atomic E-state index is 0.648. The van der Waals surface area contributed by atoms with Gasteiger partial charge < -0.3 is 9.47 Å². The second-order valence-corrected chi connectivity index (χ2v) is 4.27. The van der Waals surface area contributed by atoms with Crippen molar-refractivity contribution in [2.75, 3.05) is 14.2 Å². The molecule has 2 rings (SSSR count). The molecular weight excluding hydrogens is 248 g/mol. The fourth-order valence-electron chi connectivity index (χ4n) is 1.92. The molecule has 0 aliphatic rings. The van der Waals surface area contributed by atoms with Crippen molar-refractivity contribution < 1.29 is 9.47 Å². The Labute approximate surface area is 112 Å². The van der Waals surface area contributed by atoms with Gasteiger partial charge in [-0.05, 0) is 36.2 Å². The first kappa shape index (κ1) is 12.8. The van der Waals surface area contributed by atoms with Crippen LogP contribution < -0.4 is 9.47 Å². The molecule has 0 heterocycles. The van der Waals surface area contributed by atoms with Gasteiger partial charge in [-0.1, -0.05) is 29.8 Å². The monoisotopic (exact) mass is 261 g/mol. The number of rotatable bonds is 3. The molecule has 0 saturated heterocycles. The van der Waals surface area contributed by atoms with E-state index < -0.39 is 0 Å². The second-order valence-electron chi connectivity index (χ2n) is 3.84. The van der Waals surface area contributed by atoms with Crippen LogP contribution in [0.4, 0.5) is 0 Å². The van der Waals surface area contributed by atoms with Gasteiger partial charge in [0.2, 0.25) is 0 Å². The molecule has 2 nitrogen and oxygen atoms in total. The molecule has 0 spiro atoms. The lowest BCUT2D eigenvalue weighted by Crippen LogP contribution is -1.95. The summed E-state index contributed by atoms with van der Waals surface area (Å²) >= 11 is 6.00. The molecule has 3 heteroatoms. The van der Waals surface area contributed by atoms with Crippen molar-refractivity contribution in [3.8, 4) is 22.6 Å². The summed E-state index contributed by atoms with van der Waals surface area (Å²) in [6.07, 6.45) is 0. The summed E-state index contributed by atoms with van der Waals surface area (Å²) in [7, 11) is 3.21. The van der Waals surface area contributed by atoms with Crippen molar-refractivity contribution >= 4 is 11.6 Å². The first-order chi connectivity index (χ1) is 8.67. The molecule has 0 amide bonds. The second kappa shape index (κ2) is 5.32. The van der Waals surface area contributed by atoms with E-state index in [0.717, 1.165) is 16.7 Å². The van der Waals surface area contributed by atoms with Crippen molar-refractivity contribution in [1.82, 2.24) is 0 Å². The normalized spacial score (nSPS) is 10.2. The fraction of sp³-hybridized carbons (Fsp3) is 0.133. The third-order valence-electron chi connectivity index (χ3n) is 2.78. The van der Waals surface area contributed by atoms with Gasteiger partial charge in [0.1, 0.15) is 0 Å². The molecule has 0 aliphatic carbocycles. The molecule has 0 unspecified atom stereocenters. The number of ether oxygens (including phenoxy) is 2. The van der Waals surface area contributed by atoms with E-state index in [1.165, 1.54) is 0 Å². The molecule has 2 aromatic rings. The predicted molar refractivity (Wildman–Crippen MR) is 74.5 cm³/mol. The zero-order valence-electron chi connectivity index (χ0n) is 10.4. The fourth-order valence-corrected chi connectivity index (χ4v) is 2.11. The van der Waals surface area contributed by atoms with Gasteiger partial charge in [0.15, 0.2) is 11.5 Å². The van der Waals surface area contributed by atoms with Crippen LogP contribution in [0.5, 0.6) is 11.5 Å². The molecule has 0 aliphatic heterocycles. The highest BCUT2D eigenvalue weighted by atomic mass is 35.5. The Morgan fingerprint density at radius 3 is 2.44 bits per heavy atom. The Kier molecular flexibility index (Phi) is 3.78. The van der Waals surface area contributed by atoms with Gasteiger partial charge in [0.05, 0.1) is 14.2 Å². The van der Waals surface area contributed by atoms with Crippen molar-refractivity contribution in [3.63, 3.8) is 0 Å². The molecular formula is C15H14ClO2. The molecule has 1 radical (unpaired) electrons. The molecule has 18 heavy (non-hydrogen) atoms. The molecule has 0 bridgehead atoms. The van der Waals surface area contributed by atoms with Gasteiger partial charge in [-0.3, -0.25) is 0 Å². The maximum atomic E-state index is 6.00. The molecule has 0 saturated carbocycles. The van der Waals surface area contributed by atoms with Crippen LogP contribution in [0.2, 0.25) is 5.02 Å². The van der Waals surface area contributed by atoms with E-state index in [-0.39, 0.29) is 0 Å². The summed E-state index contributed by atoms with van der Waals surface area (Å²) in [6, 6.07) is 11.5. The average molecular weight is 262 g/mol. The molecule has 0 aromatic heterocycles. The van der Waals surface area contributed by atoms with Gasteiger partial charge in [0, 0.05) is 10.6 Å². The highest BCUT2D eigenvalue weighted by Crippen LogP contribution is 2.37. The first-order valence-corrected chi connectivity index (χ1v) is 5.88. The summed E-state index contributed by atoms with van der Waals surface area (Å²) in [5.74, 6) is 1.32. The molecule has 2 aromatic carbocycles. The molecule has 0 N–H and O–H groups in total. The van der Waals surface area contributed by atoms with Crippen LogP contribution in [0.1, 0.15) is 5.56 Å². The zero-order valence-corrected chi connectivity index (χ0v) is 11.1. The van der Waals surface area contributed by atoms with Crippen LogP contribution in [-0.4, -0.2) is 14.2 Å². The molecule has 93 valence electrons. The van der Waals surface area contributed by atoms with E-state index in [2.05, 4.69) is 6.92 Å². The van der Waals surface area contributed by atoms with Crippen molar-refractivity contribution in [2.45, 2.75) is 0 Å². The summed E-state index contributed by atoms with van der Waals surface area (Å²) in [6.45, 7) is 4.06. The maximum absolute atomic E-state index is 6.00. The SMILES string of the molecule is [CH2]c1c(-c2cccc(Cl)c2)ccc(OC)c1OC. The summed E-state index contributed by atoms with van der Waals surface area (Å²) in [4.78, 5) is 0. The number of hydrogen-bond acceptors (Lipinski definition) is 2. The van der Waals surface area contributed by atoms with Crippen molar-refractivity contribution in [3.05, 3.63) is 53.9 Å². The van der Waals surface area contributed by atoms with Gasteiger partial charge in [-0.25, -0.2) is 0 Å². The first-order valence-electron chi connectivity index (χ1n) is 5.50. The maximum Gasteiger partial charge on any atom is 0.164 e. The minimum absolute atomic E-state index is 0.648.